The molecule has 0 amide bonds. The number of hydrogen-bond donors (Lipinski definition) is 1. The number of benzene rings is 1. The Morgan fingerprint density at radius 3 is 2.53 bits per heavy atom. The summed E-state index contributed by atoms with van der Waals surface area (Å²) in [6, 6.07) is 8.05. The summed E-state index contributed by atoms with van der Waals surface area (Å²) in [5.41, 5.74) is 1.22. The van der Waals surface area contributed by atoms with Crippen molar-refractivity contribution in [3.8, 4) is 5.75 Å². The van der Waals surface area contributed by atoms with Gasteiger partial charge in [0, 0.05) is 12.5 Å². The molecule has 1 aromatic rings. The van der Waals surface area contributed by atoms with E-state index in [4.69, 9.17) is 4.74 Å². The van der Waals surface area contributed by atoms with Crippen LogP contribution in [0, 0.1) is 12.8 Å². The molecular weight excluding hydrogens is 238 g/mol. The lowest BCUT2D eigenvalue weighted by Gasteiger charge is -2.36. The first-order valence-electron chi connectivity index (χ1n) is 7.12. The third kappa shape index (κ3) is 3.95. The highest BCUT2D eigenvalue weighted by molar-refractivity contribution is 5.26. The zero-order chi connectivity index (χ0) is 13.8. The summed E-state index contributed by atoms with van der Waals surface area (Å²) in [5.74, 6) is 1.18. The fourth-order valence-corrected chi connectivity index (χ4v) is 2.81. The molecule has 1 aliphatic carbocycles. The quantitative estimate of drug-likeness (QED) is 0.906. The third-order valence-corrected chi connectivity index (χ3v) is 3.84. The number of rotatable bonds is 4. The van der Waals surface area contributed by atoms with Crippen LogP contribution in [0.3, 0.4) is 0 Å². The summed E-state index contributed by atoms with van der Waals surface area (Å²) in [6.07, 6.45) is 2.73. The van der Waals surface area contributed by atoms with E-state index in [9.17, 15) is 5.11 Å². The van der Waals surface area contributed by atoms with Crippen molar-refractivity contribution in [3.63, 3.8) is 0 Å². The Bertz CT molecular complexity index is 388. The summed E-state index contributed by atoms with van der Waals surface area (Å²) in [7, 11) is 4.11. The van der Waals surface area contributed by atoms with E-state index >= 15 is 0 Å². The van der Waals surface area contributed by atoms with Crippen LogP contribution >= 0.6 is 0 Å². The molecule has 3 atom stereocenters. The van der Waals surface area contributed by atoms with Crippen LogP contribution in [0.2, 0.25) is 0 Å². The van der Waals surface area contributed by atoms with Crippen LogP contribution < -0.4 is 4.74 Å². The first-order valence-corrected chi connectivity index (χ1v) is 7.12. The fraction of sp³-hybridized carbons (Fsp3) is 0.625. The monoisotopic (exact) mass is 263 g/mol. The maximum atomic E-state index is 10.4. The van der Waals surface area contributed by atoms with E-state index in [-0.39, 0.29) is 12.2 Å². The van der Waals surface area contributed by atoms with Crippen molar-refractivity contribution in [2.45, 2.75) is 38.4 Å². The highest BCUT2D eigenvalue weighted by Crippen LogP contribution is 2.28. The van der Waals surface area contributed by atoms with Crippen LogP contribution in [0.25, 0.3) is 0 Å². The van der Waals surface area contributed by atoms with Crippen LogP contribution in [0.4, 0.5) is 0 Å². The average Bonchev–Trinajstić information content (AvgIpc) is 2.36. The fourth-order valence-electron chi connectivity index (χ4n) is 2.81. The van der Waals surface area contributed by atoms with Crippen molar-refractivity contribution in [1.82, 2.24) is 4.90 Å². The topological polar surface area (TPSA) is 32.7 Å². The van der Waals surface area contributed by atoms with E-state index < -0.39 is 0 Å². The van der Waals surface area contributed by atoms with Crippen LogP contribution in [-0.4, -0.2) is 42.9 Å². The lowest BCUT2D eigenvalue weighted by atomic mass is 9.84. The molecule has 106 valence electrons. The standard InChI is InChI=1S/C16H25NO2/c1-12-7-9-14(10-8-12)19-15-6-4-5-13(16(15)18)11-17(2)3/h7-10,13,15-16,18H,4-6,11H2,1-3H3/t13-,15-,16-/m1/s1. The Hall–Kier alpha value is -1.06. The smallest absolute Gasteiger partial charge is 0.125 e. The molecular formula is C16H25NO2. The average molecular weight is 263 g/mol. The Labute approximate surface area is 116 Å². The molecule has 0 spiro atoms. The predicted octanol–water partition coefficient (Wildman–Crippen LogP) is 2.47. The molecule has 1 fully saturated rings. The van der Waals surface area contributed by atoms with E-state index in [1.54, 1.807) is 0 Å². The molecule has 2 rings (SSSR count). The molecule has 1 N–H and O–H groups in total. The summed E-state index contributed by atoms with van der Waals surface area (Å²) in [5, 5.41) is 10.4. The van der Waals surface area contributed by atoms with Crippen molar-refractivity contribution in [3.05, 3.63) is 29.8 Å². The number of hydrogen-bond acceptors (Lipinski definition) is 3. The summed E-state index contributed by atoms with van der Waals surface area (Å²) in [4.78, 5) is 2.14. The van der Waals surface area contributed by atoms with Gasteiger partial charge in [0.05, 0.1) is 6.10 Å². The molecule has 0 radical (unpaired) electrons. The van der Waals surface area contributed by atoms with Gasteiger partial charge in [-0.25, -0.2) is 0 Å². The van der Waals surface area contributed by atoms with Crippen LogP contribution in [-0.2, 0) is 0 Å². The van der Waals surface area contributed by atoms with Gasteiger partial charge >= 0.3 is 0 Å². The Balaban J connectivity index is 1.97. The number of aliphatic hydroxyl groups excluding tert-OH is 1. The minimum Gasteiger partial charge on any atom is -0.488 e. The molecule has 0 aliphatic heterocycles. The molecule has 1 saturated carbocycles. The van der Waals surface area contributed by atoms with Crippen molar-refractivity contribution in [2.75, 3.05) is 20.6 Å². The second-order valence-corrected chi connectivity index (χ2v) is 5.91. The van der Waals surface area contributed by atoms with Crippen LogP contribution in [0.5, 0.6) is 5.75 Å². The van der Waals surface area contributed by atoms with E-state index in [0.29, 0.717) is 5.92 Å². The van der Waals surface area contributed by atoms with E-state index in [1.807, 2.05) is 24.3 Å². The van der Waals surface area contributed by atoms with Crippen molar-refractivity contribution < 1.29 is 9.84 Å². The first-order chi connectivity index (χ1) is 9.06. The van der Waals surface area contributed by atoms with Gasteiger partial charge in [-0.1, -0.05) is 17.7 Å². The van der Waals surface area contributed by atoms with E-state index in [0.717, 1.165) is 31.6 Å². The van der Waals surface area contributed by atoms with Gasteiger partial charge in [-0.15, -0.1) is 0 Å². The number of nitrogens with zero attached hydrogens (tertiary/aromatic N) is 1. The lowest BCUT2D eigenvalue weighted by Crippen LogP contribution is -2.44. The molecule has 0 unspecified atom stereocenters. The van der Waals surface area contributed by atoms with Gasteiger partial charge in [0.25, 0.3) is 0 Å². The molecule has 3 nitrogen and oxygen atoms in total. The molecule has 1 aliphatic rings. The van der Waals surface area contributed by atoms with Gasteiger partial charge in [-0.2, -0.15) is 0 Å². The molecule has 0 bridgehead atoms. The lowest BCUT2D eigenvalue weighted by molar-refractivity contribution is -0.0372. The second kappa shape index (κ2) is 6.40. The number of aliphatic hydroxyl groups is 1. The molecule has 0 aromatic heterocycles. The summed E-state index contributed by atoms with van der Waals surface area (Å²) in [6.45, 7) is 2.99. The summed E-state index contributed by atoms with van der Waals surface area (Å²) >= 11 is 0. The molecule has 1 aromatic carbocycles. The van der Waals surface area contributed by atoms with Crippen molar-refractivity contribution in [1.29, 1.82) is 0 Å². The van der Waals surface area contributed by atoms with Crippen LogP contribution in [0.15, 0.2) is 24.3 Å². The molecule has 19 heavy (non-hydrogen) atoms. The SMILES string of the molecule is Cc1ccc(O[C@@H]2CCC[C@H](CN(C)C)[C@H]2O)cc1. The zero-order valence-corrected chi connectivity index (χ0v) is 12.2. The predicted molar refractivity (Wildman–Crippen MR) is 77.5 cm³/mol. The Morgan fingerprint density at radius 1 is 1.21 bits per heavy atom. The van der Waals surface area contributed by atoms with Gasteiger partial charge < -0.3 is 14.7 Å². The first kappa shape index (κ1) is 14.4. The number of aryl methyl sites for hydroxylation is 1. The van der Waals surface area contributed by atoms with Gasteiger partial charge in [0.15, 0.2) is 0 Å². The maximum Gasteiger partial charge on any atom is 0.125 e. The number of ether oxygens (including phenoxy) is 1. The van der Waals surface area contributed by atoms with Gasteiger partial charge in [0.2, 0.25) is 0 Å². The van der Waals surface area contributed by atoms with Crippen LogP contribution in [0.1, 0.15) is 24.8 Å². The highest BCUT2D eigenvalue weighted by atomic mass is 16.5. The minimum absolute atomic E-state index is 0.0681. The summed E-state index contributed by atoms with van der Waals surface area (Å²) < 4.78 is 5.97. The molecule has 3 heteroatoms. The third-order valence-electron chi connectivity index (χ3n) is 3.84. The van der Waals surface area contributed by atoms with Gasteiger partial charge in [0.1, 0.15) is 11.9 Å². The van der Waals surface area contributed by atoms with E-state index in [1.165, 1.54) is 5.56 Å². The molecule has 0 saturated heterocycles. The van der Waals surface area contributed by atoms with Crippen molar-refractivity contribution in [2.24, 2.45) is 5.92 Å². The largest absolute Gasteiger partial charge is 0.488 e. The van der Waals surface area contributed by atoms with Crippen molar-refractivity contribution >= 4 is 0 Å². The highest BCUT2D eigenvalue weighted by Gasteiger charge is 2.33. The normalized spacial score (nSPS) is 27.5. The Kier molecular flexibility index (Phi) is 4.83. The molecule has 0 heterocycles. The van der Waals surface area contributed by atoms with E-state index in [2.05, 4.69) is 25.9 Å². The minimum atomic E-state index is -0.363. The zero-order valence-electron chi connectivity index (χ0n) is 12.2. The van der Waals surface area contributed by atoms with Gasteiger partial charge in [-0.05, 0) is 52.4 Å². The Morgan fingerprint density at radius 2 is 1.89 bits per heavy atom. The maximum absolute atomic E-state index is 10.4. The second-order valence-electron chi connectivity index (χ2n) is 5.91. The van der Waals surface area contributed by atoms with Gasteiger partial charge in [-0.3, -0.25) is 0 Å².